The van der Waals surface area contributed by atoms with Crippen LogP contribution in [0.4, 0.5) is 0 Å². The topological polar surface area (TPSA) is 32.7 Å². The van der Waals surface area contributed by atoms with Crippen LogP contribution < -0.4 is 0 Å². The Kier molecular flexibility index (Phi) is 7.45. The molecule has 12 heavy (non-hydrogen) atoms. The first kappa shape index (κ1) is 11.9. The fourth-order valence-electron chi connectivity index (χ4n) is 1.05. The number of hydrogen-bond donors (Lipinski definition) is 1. The minimum atomic E-state index is 0.263. The third-order valence-corrected chi connectivity index (χ3v) is 1.76. The summed E-state index contributed by atoms with van der Waals surface area (Å²) in [5, 5.41) is 8.80. The standard InChI is InChI=1S/C9H21NO2/c1-4-12-6-5-10(3)7-9(2)8-11/h9,11H,4-8H2,1-3H3. The molecule has 1 unspecified atom stereocenters. The normalized spacial score (nSPS) is 13.8. The Morgan fingerprint density at radius 2 is 2.17 bits per heavy atom. The average Bonchev–Trinajstić information content (AvgIpc) is 2.05. The molecule has 0 aromatic heterocycles. The second-order valence-electron chi connectivity index (χ2n) is 3.25. The van der Waals surface area contributed by atoms with Gasteiger partial charge in [0, 0.05) is 26.3 Å². The van der Waals surface area contributed by atoms with Crippen molar-refractivity contribution in [1.82, 2.24) is 4.90 Å². The van der Waals surface area contributed by atoms with E-state index in [1.807, 2.05) is 20.9 Å². The second-order valence-corrected chi connectivity index (χ2v) is 3.25. The zero-order valence-corrected chi connectivity index (χ0v) is 8.42. The van der Waals surface area contributed by atoms with E-state index >= 15 is 0 Å². The summed E-state index contributed by atoms with van der Waals surface area (Å²) in [6, 6.07) is 0. The van der Waals surface area contributed by atoms with Crippen molar-refractivity contribution < 1.29 is 9.84 Å². The van der Waals surface area contributed by atoms with Gasteiger partial charge in [0.15, 0.2) is 0 Å². The van der Waals surface area contributed by atoms with Crippen molar-refractivity contribution >= 4 is 0 Å². The van der Waals surface area contributed by atoms with Gasteiger partial charge in [-0.3, -0.25) is 0 Å². The Bertz CT molecular complexity index is 98.5. The number of aliphatic hydroxyl groups excluding tert-OH is 1. The van der Waals surface area contributed by atoms with Crippen molar-refractivity contribution in [3.63, 3.8) is 0 Å². The molecule has 0 radical (unpaired) electrons. The fraction of sp³-hybridized carbons (Fsp3) is 1.00. The minimum absolute atomic E-state index is 0.263. The van der Waals surface area contributed by atoms with Gasteiger partial charge in [0.2, 0.25) is 0 Å². The molecule has 0 saturated heterocycles. The molecule has 0 amide bonds. The predicted molar refractivity (Wildman–Crippen MR) is 50.2 cm³/mol. The van der Waals surface area contributed by atoms with Gasteiger partial charge in [-0.1, -0.05) is 6.92 Å². The van der Waals surface area contributed by atoms with Gasteiger partial charge in [0.05, 0.1) is 6.61 Å². The van der Waals surface area contributed by atoms with Crippen LogP contribution in [0.2, 0.25) is 0 Å². The van der Waals surface area contributed by atoms with Crippen LogP contribution in [0, 0.1) is 5.92 Å². The average molecular weight is 175 g/mol. The van der Waals surface area contributed by atoms with Crippen molar-refractivity contribution in [2.24, 2.45) is 5.92 Å². The lowest BCUT2D eigenvalue weighted by Gasteiger charge is -2.19. The van der Waals surface area contributed by atoms with E-state index in [2.05, 4.69) is 4.90 Å². The van der Waals surface area contributed by atoms with E-state index in [1.165, 1.54) is 0 Å². The number of ether oxygens (including phenoxy) is 1. The van der Waals surface area contributed by atoms with Crippen LogP contribution in [0.15, 0.2) is 0 Å². The Hall–Kier alpha value is -0.120. The molecule has 0 saturated carbocycles. The van der Waals surface area contributed by atoms with Gasteiger partial charge in [-0.15, -0.1) is 0 Å². The molecular formula is C9H21NO2. The molecule has 74 valence electrons. The molecule has 0 rings (SSSR count). The van der Waals surface area contributed by atoms with Crippen molar-refractivity contribution in [2.45, 2.75) is 13.8 Å². The molecule has 0 aliphatic rings. The van der Waals surface area contributed by atoms with Crippen LogP contribution in [0.3, 0.4) is 0 Å². The fourth-order valence-corrected chi connectivity index (χ4v) is 1.05. The molecule has 3 heteroatoms. The number of likely N-dealkylation sites (N-methyl/N-ethyl adjacent to an activating group) is 1. The highest BCUT2D eigenvalue weighted by Gasteiger charge is 2.03. The van der Waals surface area contributed by atoms with Gasteiger partial charge in [0.1, 0.15) is 0 Å². The maximum absolute atomic E-state index is 8.80. The lowest BCUT2D eigenvalue weighted by Crippen LogP contribution is -2.29. The van der Waals surface area contributed by atoms with E-state index in [0.717, 1.165) is 26.3 Å². The van der Waals surface area contributed by atoms with E-state index in [9.17, 15) is 0 Å². The smallest absolute Gasteiger partial charge is 0.0593 e. The first-order chi connectivity index (χ1) is 5.70. The first-order valence-electron chi connectivity index (χ1n) is 4.57. The maximum Gasteiger partial charge on any atom is 0.0593 e. The number of rotatable bonds is 7. The predicted octanol–water partition coefficient (Wildman–Crippen LogP) is 0.583. The largest absolute Gasteiger partial charge is 0.396 e. The summed E-state index contributed by atoms with van der Waals surface area (Å²) in [5.41, 5.74) is 0. The monoisotopic (exact) mass is 175 g/mol. The van der Waals surface area contributed by atoms with E-state index in [4.69, 9.17) is 9.84 Å². The summed E-state index contributed by atoms with van der Waals surface area (Å²) in [5.74, 6) is 0.358. The van der Waals surface area contributed by atoms with Crippen LogP contribution >= 0.6 is 0 Å². The van der Waals surface area contributed by atoms with Crippen LogP contribution in [-0.2, 0) is 4.74 Å². The molecule has 3 nitrogen and oxygen atoms in total. The highest BCUT2D eigenvalue weighted by atomic mass is 16.5. The lowest BCUT2D eigenvalue weighted by atomic mass is 10.2. The first-order valence-corrected chi connectivity index (χ1v) is 4.57. The summed E-state index contributed by atoms with van der Waals surface area (Å²) < 4.78 is 5.22. The molecule has 0 aliphatic heterocycles. The van der Waals surface area contributed by atoms with Crippen LogP contribution in [-0.4, -0.2) is 50.0 Å². The van der Waals surface area contributed by atoms with Gasteiger partial charge >= 0.3 is 0 Å². The molecule has 0 spiro atoms. The van der Waals surface area contributed by atoms with E-state index < -0.39 is 0 Å². The van der Waals surface area contributed by atoms with Crippen LogP contribution in [0.1, 0.15) is 13.8 Å². The molecule has 0 aromatic carbocycles. The van der Waals surface area contributed by atoms with Crippen LogP contribution in [0.5, 0.6) is 0 Å². The zero-order valence-electron chi connectivity index (χ0n) is 8.42. The Balaban J connectivity index is 3.26. The molecule has 0 bridgehead atoms. The summed E-state index contributed by atoms with van der Waals surface area (Å²) in [7, 11) is 2.05. The Labute approximate surface area is 75.3 Å². The van der Waals surface area contributed by atoms with Crippen molar-refractivity contribution in [3.05, 3.63) is 0 Å². The quantitative estimate of drug-likeness (QED) is 0.575. The van der Waals surface area contributed by atoms with E-state index in [1.54, 1.807) is 0 Å². The summed E-state index contributed by atoms with van der Waals surface area (Å²) >= 11 is 0. The summed E-state index contributed by atoms with van der Waals surface area (Å²) in [6.07, 6.45) is 0. The lowest BCUT2D eigenvalue weighted by molar-refractivity contribution is 0.111. The Morgan fingerprint density at radius 1 is 1.50 bits per heavy atom. The maximum atomic E-state index is 8.80. The van der Waals surface area contributed by atoms with Gasteiger partial charge in [0.25, 0.3) is 0 Å². The molecule has 1 N–H and O–H groups in total. The third-order valence-electron chi connectivity index (χ3n) is 1.76. The number of aliphatic hydroxyl groups is 1. The molecule has 0 heterocycles. The SMILES string of the molecule is CCOCCN(C)CC(C)CO. The summed E-state index contributed by atoms with van der Waals surface area (Å²) in [6.45, 7) is 7.74. The van der Waals surface area contributed by atoms with E-state index in [-0.39, 0.29) is 6.61 Å². The molecule has 0 aliphatic carbocycles. The molecule has 0 aromatic rings. The van der Waals surface area contributed by atoms with Crippen molar-refractivity contribution in [2.75, 3.05) is 40.0 Å². The molecule has 0 fully saturated rings. The Morgan fingerprint density at radius 3 is 2.67 bits per heavy atom. The van der Waals surface area contributed by atoms with Gasteiger partial charge < -0.3 is 14.7 Å². The zero-order chi connectivity index (χ0) is 9.40. The summed E-state index contributed by atoms with van der Waals surface area (Å²) in [4.78, 5) is 2.18. The second kappa shape index (κ2) is 7.53. The molecule has 1 atom stereocenters. The van der Waals surface area contributed by atoms with Gasteiger partial charge in [-0.25, -0.2) is 0 Å². The number of nitrogens with zero attached hydrogens (tertiary/aromatic N) is 1. The highest BCUT2D eigenvalue weighted by molar-refractivity contribution is 4.56. The minimum Gasteiger partial charge on any atom is -0.396 e. The van der Waals surface area contributed by atoms with Crippen molar-refractivity contribution in [3.8, 4) is 0 Å². The molecular weight excluding hydrogens is 154 g/mol. The van der Waals surface area contributed by atoms with Crippen LogP contribution in [0.25, 0.3) is 0 Å². The van der Waals surface area contributed by atoms with Crippen molar-refractivity contribution in [1.29, 1.82) is 0 Å². The van der Waals surface area contributed by atoms with Gasteiger partial charge in [-0.2, -0.15) is 0 Å². The van der Waals surface area contributed by atoms with E-state index in [0.29, 0.717) is 5.92 Å². The highest BCUT2D eigenvalue weighted by Crippen LogP contribution is 1.95. The third kappa shape index (κ3) is 6.58. The van der Waals surface area contributed by atoms with Gasteiger partial charge in [-0.05, 0) is 19.9 Å². The number of hydrogen-bond acceptors (Lipinski definition) is 3.